The number of hydrogen-bond acceptors (Lipinski definition) is 2. The Morgan fingerprint density at radius 1 is 1.47 bits per heavy atom. The number of nitrogens with two attached hydrogens (primary N) is 1. The van der Waals surface area contributed by atoms with E-state index in [4.69, 9.17) is 10.8 Å². The van der Waals surface area contributed by atoms with Crippen molar-refractivity contribution in [2.75, 3.05) is 6.54 Å². The largest absolute Gasteiger partial charge is 0.481 e. The number of hydrogen-bond donors (Lipinski definition) is 2. The molecule has 1 aliphatic rings. The number of carboxylic acids is 1. The van der Waals surface area contributed by atoms with Gasteiger partial charge in [0.1, 0.15) is 0 Å². The fourth-order valence-electron chi connectivity index (χ4n) is 3.17. The molecule has 3 heteroatoms. The highest BCUT2D eigenvalue weighted by Crippen LogP contribution is 2.61. The number of rotatable bonds is 5. The summed E-state index contributed by atoms with van der Waals surface area (Å²) in [5.41, 5.74) is 5.95. The average molecular weight is 213 g/mol. The normalized spacial score (nSPS) is 35.3. The molecule has 0 saturated heterocycles. The summed E-state index contributed by atoms with van der Waals surface area (Å²) in [4.78, 5) is 10.8. The lowest BCUT2D eigenvalue weighted by Crippen LogP contribution is -2.53. The van der Waals surface area contributed by atoms with E-state index in [1.807, 2.05) is 0 Å². The van der Waals surface area contributed by atoms with Gasteiger partial charge >= 0.3 is 5.97 Å². The molecule has 0 unspecified atom stereocenters. The van der Waals surface area contributed by atoms with Crippen molar-refractivity contribution in [1.82, 2.24) is 0 Å². The van der Waals surface area contributed by atoms with Crippen LogP contribution in [0.1, 0.15) is 46.5 Å². The van der Waals surface area contributed by atoms with E-state index in [1.165, 1.54) is 0 Å². The van der Waals surface area contributed by atoms with E-state index < -0.39 is 5.97 Å². The zero-order valence-electron chi connectivity index (χ0n) is 10.0. The Morgan fingerprint density at radius 3 is 2.27 bits per heavy atom. The van der Waals surface area contributed by atoms with Crippen molar-refractivity contribution in [2.45, 2.75) is 46.5 Å². The molecule has 0 aromatic carbocycles. The van der Waals surface area contributed by atoms with Crippen LogP contribution in [-0.2, 0) is 4.79 Å². The fraction of sp³-hybridized carbons (Fsp3) is 0.917. The van der Waals surface area contributed by atoms with E-state index in [1.54, 1.807) is 0 Å². The van der Waals surface area contributed by atoms with Crippen LogP contribution in [0.5, 0.6) is 0 Å². The Labute approximate surface area is 92.0 Å². The van der Waals surface area contributed by atoms with Crippen LogP contribution in [0.2, 0.25) is 0 Å². The third kappa shape index (κ3) is 2.17. The van der Waals surface area contributed by atoms with E-state index in [2.05, 4.69) is 20.8 Å². The predicted molar refractivity (Wildman–Crippen MR) is 60.5 cm³/mol. The SMILES string of the molecule is CC[C@]1(C(C)C)C[C@@](CN)(CC(=O)O)C1. The molecule has 0 heterocycles. The highest BCUT2D eigenvalue weighted by atomic mass is 16.4. The first-order chi connectivity index (χ1) is 6.90. The first-order valence-electron chi connectivity index (χ1n) is 5.81. The minimum Gasteiger partial charge on any atom is -0.481 e. The predicted octanol–water partition coefficient (Wildman–Crippen LogP) is 2.25. The van der Waals surface area contributed by atoms with Crippen LogP contribution < -0.4 is 5.73 Å². The molecule has 1 saturated carbocycles. The Hall–Kier alpha value is -0.570. The van der Waals surface area contributed by atoms with E-state index in [9.17, 15) is 4.79 Å². The molecule has 1 aliphatic carbocycles. The zero-order valence-corrected chi connectivity index (χ0v) is 10.0. The van der Waals surface area contributed by atoms with Crippen LogP contribution in [0, 0.1) is 16.7 Å². The van der Waals surface area contributed by atoms with Gasteiger partial charge in [-0.1, -0.05) is 27.2 Å². The summed E-state index contributed by atoms with van der Waals surface area (Å²) in [6, 6.07) is 0. The highest BCUT2D eigenvalue weighted by Gasteiger charge is 2.54. The van der Waals surface area contributed by atoms with Gasteiger partial charge < -0.3 is 10.8 Å². The molecule has 3 N–H and O–H groups in total. The van der Waals surface area contributed by atoms with Gasteiger partial charge in [0.15, 0.2) is 0 Å². The fourth-order valence-corrected chi connectivity index (χ4v) is 3.17. The molecule has 0 aromatic rings. The minimum absolute atomic E-state index is 0.119. The van der Waals surface area contributed by atoms with Crippen LogP contribution in [0.3, 0.4) is 0 Å². The Balaban J connectivity index is 2.67. The van der Waals surface area contributed by atoms with Crippen molar-refractivity contribution in [3.63, 3.8) is 0 Å². The van der Waals surface area contributed by atoms with Crippen LogP contribution >= 0.6 is 0 Å². The van der Waals surface area contributed by atoms with Crippen molar-refractivity contribution in [3.8, 4) is 0 Å². The summed E-state index contributed by atoms with van der Waals surface area (Å²) in [5, 5.41) is 8.87. The summed E-state index contributed by atoms with van der Waals surface area (Å²) in [5.74, 6) is -0.0927. The van der Waals surface area contributed by atoms with Gasteiger partial charge in [0.2, 0.25) is 0 Å². The van der Waals surface area contributed by atoms with Gasteiger partial charge in [-0.15, -0.1) is 0 Å². The molecule has 0 bridgehead atoms. The molecule has 0 radical (unpaired) electrons. The Bertz CT molecular complexity index is 242. The number of aliphatic carboxylic acids is 1. The Morgan fingerprint density at radius 2 is 2.00 bits per heavy atom. The molecular formula is C12H23NO2. The topological polar surface area (TPSA) is 63.3 Å². The van der Waals surface area contributed by atoms with E-state index >= 15 is 0 Å². The van der Waals surface area contributed by atoms with E-state index in [-0.39, 0.29) is 11.8 Å². The minimum atomic E-state index is -0.714. The molecule has 0 aromatic heterocycles. The third-order valence-electron chi connectivity index (χ3n) is 4.34. The lowest BCUT2D eigenvalue weighted by molar-refractivity contribution is -0.148. The van der Waals surface area contributed by atoms with Crippen LogP contribution in [0.4, 0.5) is 0 Å². The summed E-state index contributed by atoms with van der Waals surface area (Å²) < 4.78 is 0. The second-order valence-corrected chi connectivity index (χ2v) is 5.50. The summed E-state index contributed by atoms with van der Waals surface area (Å²) in [6.45, 7) is 7.16. The van der Waals surface area contributed by atoms with E-state index in [0.29, 0.717) is 17.9 Å². The van der Waals surface area contributed by atoms with Crippen molar-refractivity contribution in [3.05, 3.63) is 0 Å². The lowest BCUT2D eigenvalue weighted by atomic mass is 9.47. The van der Waals surface area contributed by atoms with Gasteiger partial charge in [-0.05, 0) is 36.1 Å². The number of carbonyl (C=O) groups is 1. The van der Waals surface area contributed by atoms with Crippen LogP contribution in [-0.4, -0.2) is 17.6 Å². The molecule has 0 amide bonds. The number of carboxylic acid groups (broad SMARTS) is 1. The first-order valence-corrected chi connectivity index (χ1v) is 5.81. The maximum atomic E-state index is 10.8. The molecule has 0 aliphatic heterocycles. The van der Waals surface area contributed by atoms with Gasteiger partial charge in [-0.3, -0.25) is 4.79 Å². The van der Waals surface area contributed by atoms with Crippen molar-refractivity contribution < 1.29 is 9.90 Å². The van der Waals surface area contributed by atoms with Crippen LogP contribution in [0.15, 0.2) is 0 Å². The highest BCUT2D eigenvalue weighted by molar-refractivity contribution is 5.68. The summed E-state index contributed by atoms with van der Waals surface area (Å²) in [6.07, 6.45) is 3.33. The monoisotopic (exact) mass is 213 g/mol. The standard InChI is InChI=1S/C12H23NO2/c1-4-12(9(2)3)6-11(7-12,8-13)5-10(14)15/h9H,4-8,13H2,1-3H3,(H,14,15)/t11-,12-. The molecule has 15 heavy (non-hydrogen) atoms. The molecule has 3 nitrogen and oxygen atoms in total. The summed E-state index contributed by atoms with van der Waals surface area (Å²) >= 11 is 0. The van der Waals surface area contributed by atoms with Gasteiger partial charge in [-0.2, -0.15) is 0 Å². The zero-order chi connectivity index (χ0) is 11.7. The lowest BCUT2D eigenvalue weighted by Gasteiger charge is -2.58. The van der Waals surface area contributed by atoms with Crippen molar-refractivity contribution in [1.29, 1.82) is 0 Å². The second kappa shape index (κ2) is 4.12. The smallest absolute Gasteiger partial charge is 0.303 e. The average Bonchev–Trinajstić information content (AvgIpc) is 2.09. The molecule has 1 fully saturated rings. The molecule has 0 atom stereocenters. The van der Waals surface area contributed by atoms with Crippen molar-refractivity contribution >= 4 is 5.97 Å². The molecule has 0 spiro atoms. The maximum Gasteiger partial charge on any atom is 0.303 e. The maximum absolute atomic E-state index is 10.8. The van der Waals surface area contributed by atoms with Gasteiger partial charge in [-0.25, -0.2) is 0 Å². The second-order valence-electron chi connectivity index (χ2n) is 5.50. The first kappa shape index (κ1) is 12.5. The summed E-state index contributed by atoms with van der Waals surface area (Å²) in [7, 11) is 0. The van der Waals surface area contributed by atoms with Gasteiger partial charge in [0.25, 0.3) is 0 Å². The molecular weight excluding hydrogens is 190 g/mol. The van der Waals surface area contributed by atoms with E-state index in [0.717, 1.165) is 19.3 Å². The quantitative estimate of drug-likeness (QED) is 0.736. The molecule has 1 rings (SSSR count). The van der Waals surface area contributed by atoms with Crippen molar-refractivity contribution in [2.24, 2.45) is 22.5 Å². The Kier molecular flexibility index (Phi) is 3.44. The molecule has 88 valence electrons. The van der Waals surface area contributed by atoms with Gasteiger partial charge in [0.05, 0.1) is 6.42 Å². The van der Waals surface area contributed by atoms with Gasteiger partial charge in [0, 0.05) is 0 Å². The van der Waals surface area contributed by atoms with Crippen LogP contribution in [0.25, 0.3) is 0 Å². The third-order valence-corrected chi connectivity index (χ3v) is 4.34.